The Morgan fingerprint density at radius 2 is 1.88 bits per heavy atom. The average molecular weight is 478 g/mol. The molecule has 0 aliphatic rings. The zero-order valence-corrected chi connectivity index (χ0v) is 19.2. The summed E-state index contributed by atoms with van der Waals surface area (Å²) in [5.41, 5.74) is 1.21. The highest BCUT2D eigenvalue weighted by Gasteiger charge is 2.26. The molecule has 0 saturated carbocycles. The average Bonchev–Trinajstić information content (AvgIpc) is 3.13. The number of benzene rings is 1. The number of carboxylic acids is 1. The number of carboxylic acid groups (broad SMARTS) is 1. The quantitative estimate of drug-likeness (QED) is 0.453. The van der Waals surface area contributed by atoms with Gasteiger partial charge in [0.1, 0.15) is 17.4 Å². The van der Waals surface area contributed by atoms with Gasteiger partial charge in [-0.25, -0.2) is 12.8 Å². The fourth-order valence-corrected chi connectivity index (χ4v) is 3.89. The van der Waals surface area contributed by atoms with Crippen LogP contribution in [0.1, 0.15) is 35.2 Å². The number of fused-ring (bicyclic) bond motifs is 1. The number of furan rings is 1. The minimum Gasteiger partial charge on any atom is -0.481 e. The zero-order valence-electron chi connectivity index (χ0n) is 18.4. The molecule has 0 saturated heterocycles. The Morgan fingerprint density at radius 3 is 2.45 bits per heavy atom. The van der Waals surface area contributed by atoms with Crippen LogP contribution in [0.3, 0.4) is 0 Å². The second-order valence-corrected chi connectivity index (χ2v) is 9.56. The maximum absolute atomic E-state index is 13.4. The molecule has 0 aliphatic heterocycles. The molecule has 0 atom stereocenters. The second kappa shape index (κ2) is 9.57. The van der Waals surface area contributed by atoms with E-state index in [0.29, 0.717) is 35.8 Å². The van der Waals surface area contributed by atoms with E-state index in [1.807, 2.05) is 0 Å². The van der Waals surface area contributed by atoms with Crippen LogP contribution in [0.25, 0.3) is 22.4 Å². The van der Waals surface area contributed by atoms with Gasteiger partial charge < -0.3 is 14.8 Å². The number of rotatable bonds is 9. The summed E-state index contributed by atoms with van der Waals surface area (Å²) in [5.74, 6) is -1.51. The van der Waals surface area contributed by atoms with Crippen LogP contribution in [0.4, 0.5) is 10.2 Å². The summed E-state index contributed by atoms with van der Waals surface area (Å²) >= 11 is 0. The van der Waals surface area contributed by atoms with E-state index in [2.05, 4.69) is 10.3 Å². The van der Waals surface area contributed by atoms with E-state index in [1.165, 1.54) is 38.4 Å². The molecule has 1 amide bonds. The topological polar surface area (TPSA) is 130 Å². The lowest BCUT2D eigenvalue weighted by atomic mass is 10.0. The van der Waals surface area contributed by atoms with Gasteiger partial charge in [-0.2, -0.15) is 4.98 Å². The van der Waals surface area contributed by atoms with E-state index < -0.39 is 27.7 Å². The lowest BCUT2D eigenvalue weighted by Crippen LogP contribution is -2.27. The van der Waals surface area contributed by atoms with Crippen molar-refractivity contribution in [3.63, 3.8) is 0 Å². The SMILES string of the molecule is CNC(=O)c1c(-c2ccc(F)cc2)oc2nc(N(C)S(C)(=O)=O)c(CCCCC(=O)O)cc12. The maximum Gasteiger partial charge on any atom is 0.303 e. The van der Waals surface area contributed by atoms with Gasteiger partial charge in [-0.3, -0.25) is 13.9 Å². The molecule has 0 radical (unpaired) electrons. The number of aromatic nitrogens is 1. The van der Waals surface area contributed by atoms with Gasteiger partial charge in [0.2, 0.25) is 15.7 Å². The van der Waals surface area contributed by atoms with E-state index in [9.17, 15) is 22.4 Å². The van der Waals surface area contributed by atoms with E-state index >= 15 is 0 Å². The number of hydrogen-bond acceptors (Lipinski definition) is 6. The third-order valence-corrected chi connectivity index (χ3v) is 6.35. The third-order valence-electron chi connectivity index (χ3n) is 5.18. The molecule has 176 valence electrons. The molecule has 9 nitrogen and oxygen atoms in total. The predicted octanol–water partition coefficient (Wildman–Crippen LogP) is 3.19. The van der Waals surface area contributed by atoms with Gasteiger partial charge in [0, 0.05) is 26.1 Å². The summed E-state index contributed by atoms with van der Waals surface area (Å²) in [6, 6.07) is 7.05. The van der Waals surface area contributed by atoms with Crippen molar-refractivity contribution >= 4 is 38.8 Å². The van der Waals surface area contributed by atoms with Crippen LogP contribution in [0.5, 0.6) is 0 Å². The number of pyridine rings is 1. The van der Waals surface area contributed by atoms with Gasteiger partial charge >= 0.3 is 5.97 Å². The molecule has 0 unspecified atom stereocenters. The van der Waals surface area contributed by atoms with Crippen LogP contribution < -0.4 is 9.62 Å². The minimum atomic E-state index is -3.66. The Hall–Kier alpha value is -3.47. The van der Waals surface area contributed by atoms with E-state index in [1.54, 1.807) is 6.07 Å². The molecule has 0 bridgehead atoms. The number of sulfonamides is 1. The standard InChI is InChI=1S/C22H24FN3O6S/c1-24-21(29)18-16-12-14(6-4-5-7-17(27)28)20(26(2)33(3,30)31)25-22(16)32-19(18)13-8-10-15(23)11-9-13/h8-12H,4-7H2,1-3H3,(H,24,29)(H,27,28). The van der Waals surface area contributed by atoms with Crippen molar-refractivity contribution in [2.24, 2.45) is 0 Å². The molecule has 0 aliphatic carbocycles. The number of carbonyl (C=O) groups is 2. The maximum atomic E-state index is 13.4. The van der Waals surface area contributed by atoms with Gasteiger partial charge in [-0.15, -0.1) is 0 Å². The first-order chi connectivity index (χ1) is 15.5. The summed E-state index contributed by atoms with van der Waals surface area (Å²) < 4.78 is 44.7. The molecule has 0 spiro atoms. The van der Waals surface area contributed by atoms with Gasteiger partial charge in [-0.05, 0) is 55.2 Å². The number of carbonyl (C=O) groups excluding carboxylic acids is 1. The van der Waals surface area contributed by atoms with Crippen molar-refractivity contribution in [1.29, 1.82) is 0 Å². The van der Waals surface area contributed by atoms with E-state index in [-0.39, 0.29) is 29.3 Å². The van der Waals surface area contributed by atoms with Crippen molar-refractivity contribution in [2.45, 2.75) is 25.7 Å². The van der Waals surface area contributed by atoms with Crippen LogP contribution >= 0.6 is 0 Å². The number of aryl methyl sites for hydroxylation is 1. The van der Waals surface area contributed by atoms with Crippen LogP contribution in [0.15, 0.2) is 34.7 Å². The van der Waals surface area contributed by atoms with Crippen LogP contribution in [0, 0.1) is 5.82 Å². The highest BCUT2D eigenvalue weighted by Crippen LogP contribution is 2.36. The first-order valence-corrected chi connectivity index (χ1v) is 12.0. The Bertz CT molecular complexity index is 1300. The Kier molecular flexibility index (Phi) is 7.01. The number of anilines is 1. The molecular weight excluding hydrogens is 453 g/mol. The highest BCUT2D eigenvalue weighted by molar-refractivity contribution is 7.92. The summed E-state index contributed by atoms with van der Waals surface area (Å²) in [7, 11) is -0.843. The monoisotopic (exact) mass is 477 g/mol. The molecule has 2 heterocycles. The zero-order chi connectivity index (χ0) is 24.3. The number of hydrogen-bond donors (Lipinski definition) is 2. The fourth-order valence-electron chi connectivity index (χ4n) is 3.42. The number of amides is 1. The van der Waals surface area contributed by atoms with Crippen molar-refractivity contribution in [3.8, 4) is 11.3 Å². The first kappa shape index (κ1) is 24.2. The highest BCUT2D eigenvalue weighted by atomic mass is 32.2. The lowest BCUT2D eigenvalue weighted by Gasteiger charge is -2.19. The smallest absolute Gasteiger partial charge is 0.303 e. The van der Waals surface area contributed by atoms with Crippen molar-refractivity contribution in [3.05, 3.63) is 47.3 Å². The van der Waals surface area contributed by atoms with Crippen molar-refractivity contribution < 1.29 is 31.9 Å². The van der Waals surface area contributed by atoms with Crippen LogP contribution in [0.2, 0.25) is 0 Å². The molecule has 0 fully saturated rings. The number of nitrogens with zero attached hydrogens (tertiary/aromatic N) is 2. The van der Waals surface area contributed by atoms with Crippen molar-refractivity contribution in [2.75, 3.05) is 24.7 Å². The van der Waals surface area contributed by atoms with Crippen LogP contribution in [-0.4, -0.2) is 50.7 Å². The summed E-state index contributed by atoms with van der Waals surface area (Å²) in [6.45, 7) is 0. The largest absolute Gasteiger partial charge is 0.481 e. The third kappa shape index (κ3) is 5.30. The Morgan fingerprint density at radius 1 is 1.21 bits per heavy atom. The number of nitrogens with one attached hydrogen (secondary N) is 1. The normalized spacial score (nSPS) is 11.5. The van der Waals surface area contributed by atoms with E-state index in [4.69, 9.17) is 9.52 Å². The molecule has 2 aromatic heterocycles. The molecule has 1 aromatic carbocycles. The van der Waals surface area contributed by atoms with E-state index in [0.717, 1.165) is 10.6 Å². The van der Waals surface area contributed by atoms with Crippen LogP contribution in [-0.2, 0) is 21.2 Å². The summed E-state index contributed by atoms with van der Waals surface area (Å²) in [5, 5.41) is 11.8. The summed E-state index contributed by atoms with van der Waals surface area (Å²) in [4.78, 5) is 28.0. The number of halogens is 1. The molecule has 33 heavy (non-hydrogen) atoms. The minimum absolute atomic E-state index is 0.0170. The predicted molar refractivity (Wildman–Crippen MR) is 121 cm³/mol. The van der Waals surface area contributed by atoms with Crippen molar-refractivity contribution in [1.82, 2.24) is 10.3 Å². The molecular formula is C22H24FN3O6S. The molecule has 2 N–H and O–H groups in total. The van der Waals surface area contributed by atoms with Gasteiger partial charge in [0.25, 0.3) is 5.91 Å². The summed E-state index contributed by atoms with van der Waals surface area (Å²) in [6.07, 6.45) is 2.23. The Labute approximate surface area is 190 Å². The van der Waals surface area contributed by atoms with Gasteiger partial charge in [0.05, 0.1) is 17.2 Å². The number of unbranched alkanes of at least 4 members (excludes halogenated alkanes) is 1. The second-order valence-electron chi connectivity index (χ2n) is 7.55. The molecule has 3 rings (SSSR count). The Balaban J connectivity index is 2.20. The lowest BCUT2D eigenvalue weighted by molar-refractivity contribution is -0.137. The number of aliphatic carboxylic acids is 1. The van der Waals surface area contributed by atoms with Gasteiger partial charge in [-0.1, -0.05) is 0 Å². The fraction of sp³-hybridized carbons (Fsp3) is 0.318. The molecule has 11 heteroatoms. The molecule has 3 aromatic rings. The first-order valence-electron chi connectivity index (χ1n) is 10.1. The van der Waals surface area contributed by atoms with Gasteiger partial charge in [0.15, 0.2) is 0 Å².